The Kier molecular flexibility index (Phi) is 2.27. The molecule has 1 rings (SSSR count). The van der Waals surface area contributed by atoms with Gasteiger partial charge in [0.15, 0.2) is 0 Å². The van der Waals surface area contributed by atoms with Gasteiger partial charge in [-0.25, -0.2) is 0 Å². The van der Waals surface area contributed by atoms with E-state index in [0.717, 1.165) is 0 Å². The number of allylic oxidation sites excluding steroid dienone is 1. The Morgan fingerprint density at radius 2 is 2.10 bits per heavy atom. The molecule has 0 aromatic heterocycles. The van der Waals surface area contributed by atoms with Gasteiger partial charge in [-0.15, -0.1) is 6.58 Å². The molecule has 1 atom stereocenters. The highest BCUT2D eigenvalue weighted by atomic mass is 14.0. The van der Waals surface area contributed by atoms with Crippen molar-refractivity contribution in [3.05, 3.63) is 48.6 Å². The van der Waals surface area contributed by atoms with Crippen LogP contribution in [0.3, 0.4) is 0 Å². The van der Waals surface area contributed by atoms with E-state index in [-0.39, 0.29) is 0 Å². The second-order valence-corrected chi connectivity index (χ2v) is 2.36. The highest BCUT2D eigenvalue weighted by Crippen LogP contribution is 2.13. The summed E-state index contributed by atoms with van der Waals surface area (Å²) in [6.07, 6.45) is 1.94. The van der Waals surface area contributed by atoms with E-state index in [1.807, 2.05) is 18.2 Å². The summed E-state index contributed by atoms with van der Waals surface area (Å²) < 4.78 is 0. The minimum atomic E-state index is 0.453. The predicted molar refractivity (Wildman–Crippen MR) is 43.9 cm³/mol. The Morgan fingerprint density at radius 3 is 2.60 bits per heavy atom. The minimum absolute atomic E-state index is 0.453. The summed E-state index contributed by atoms with van der Waals surface area (Å²) in [5.74, 6) is 0.453. The third kappa shape index (κ3) is 1.47. The lowest BCUT2D eigenvalue weighted by atomic mass is 10.0. The highest BCUT2D eigenvalue weighted by molar-refractivity contribution is 5.21. The van der Waals surface area contributed by atoms with E-state index in [1.54, 1.807) is 0 Å². The summed E-state index contributed by atoms with van der Waals surface area (Å²) in [7, 11) is 0. The first-order valence-electron chi connectivity index (χ1n) is 3.43. The lowest BCUT2D eigenvalue weighted by Gasteiger charge is -2.03. The molecule has 1 aromatic rings. The molecular formula is C10H11. The smallest absolute Gasteiger partial charge is 0.00131 e. The van der Waals surface area contributed by atoms with E-state index < -0.39 is 0 Å². The molecule has 0 aliphatic heterocycles. The van der Waals surface area contributed by atoms with Crippen molar-refractivity contribution in [2.24, 2.45) is 0 Å². The lowest BCUT2D eigenvalue weighted by molar-refractivity contribution is 0.971. The molecule has 0 aliphatic rings. The Bertz CT molecular complexity index is 199. The van der Waals surface area contributed by atoms with Crippen molar-refractivity contribution in [1.82, 2.24) is 0 Å². The number of hydrogen-bond donors (Lipinski definition) is 0. The maximum Gasteiger partial charge on any atom is -0.00131 e. The van der Waals surface area contributed by atoms with Crippen LogP contribution in [0, 0.1) is 6.07 Å². The largest absolute Gasteiger partial charge is 0.102 e. The topological polar surface area (TPSA) is 0 Å². The predicted octanol–water partition coefficient (Wildman–Crippen LogP) is 2.78. The molecule has 10 heavy (non-hydrogen) atoms. The van der Waals surface area contributed by atoms with E-state index in [0.29, 0.717) is 5.92 Å². The second-order valence-electron chi connectivity index (χ2n) is 2.36. The van der Waals surface area contributed by atoms with E-state index in [4.69, 9.17) is 0 Å². The van der Waals surface area contributed by atoms with Crippen LogP contribution in [0.15, 0.2) is 36.9 Å². The van der Waals surface area contributed by atoms with Gasteiger partial charge in [0.1, 0.15) is 0 Å². The molecule has 0 unspecified atom stereocenters. The normalized spacial score (nSPS) is 12.5. The zero-order valence-corrected chi connectivity index (χ0v) is 6.17. The van der Waals surface area contributed by atoms with Gasteiger partial charge >= 0.3 is 0 Å². The molecule has 0 fully saturated rings. The standard InChI is InChI=1S/C10H11/c1-3-9(2)10-7-5-4-6-8-10/h3,5-9H,1H2,2H3/t9-/m0/s1. The molecule has 0 heteroatoms. The van der Waals surface area contributed by atoms with Crippen molar-refractivity contribution in [3.63, 3.8) is 0 Å². The second kappa shape index (κ2) is 3.21. The first kappa shape index (κ1) is 7.07. The zero-order valence-electron chi connectivity index (χ0n) is 6.17. The molecule has 0 heterocycles. The first-order valence-corrected chi connectivity index (χ1v) is 3.43. The molecule has 51 valence electrons. The van der Waals surface area contributed by atoms with Crippen LogP contribution in [-0.2, 0) is 0 Å². The van der Waals surface area contributed by atoms with Crippen LogP contribution in [0.4, 0.5) is 0 Å². The third-order valence-electron chi connectivity index (χ3n) is 1.62. The van der Waals surface area contributed by atoms with Gasteiger partial charge in [0.05, 0.1) is 0 Å². The van der Waals surface area contributed by atoms with Crippen LogP contribution in [0.25, 0.3) is 0 Å². The molecule has 0 saturated carbocycles. The number of hydrogen-bond acceptors (Lipinski definition) is 0. The molecule has 0 aliphatic carbocycles. The SMILES string of the molecule is C=C[C@H](C)c1cc[c]cc1. The first-order chi connectivity index (χ1) is 4.84. The maximum absolute atomic E-state index is 3.73. The van der Waals surface area contributed by atoms with Crippen molar-refractivity contribution < 1.29 is 0 Å². The highest BCUT2D eigenvalue weighted by Gasteiger charge is 1.96. The number of rotatable bonds is 2. The molecule has 1 aromatic carbocycles. The average Bonchev–Trinajstić information content (AvgIpc) is 2.05. The Balaban J connectivity index is 2.84. The van der Waals surface area contributed by atoms with Crippen molar-refractivity contribution >= 4 is 0 Å². The van der Waals surface area contributed by atoms with Crippen LogP contribution >= 0.6 is 0 Å². The van der Waals surface area contributed by atoms with Crippen molar-refractivity contribution in [2.75, 3.05) is 0 Å². The summed E-state index contributed by atoms with van der Waals surface area (Å²) in [4.78, 5) is 0. The summed E-state index contributed by atoms with van der Waals surface area (Å²) in [6, 6.07) is 11.0. The van der Waals surface area contributed by atoms with E-state index >= 15 is 0 Å². The fraction of sp³-hybridized carbons (Fsp3) is 0.200. The number of benzene rings is 1. The van der Waals surface area contributed by atoms with Gasteiger partial charge in [-0.3, -0.25) is 0 Å². The summed E-state index contributed by atoms with van der Waals surface area (Å²) >= 11 is 0. The Labute approximate surface area is 62.2 Å². The molecule has 0 bridgehead atoms. The molecule has 0 nitrogen and oxygen atoms in total. The average molecular weight is 131 g/mol. The van der Waals surface area contributed by atoms with Crippen molar-refractivity contribution in [1.29, 1.82) is 0 Å². The fourth-order valence-electron chi connectivity index (χ4n) is 0.839. The summed E-state index contributed by atoms with van der Waals surface area (Å²) in [5, 5.41) is 0. The van der Waals surface area contributed by atoms with Crippen LogP contribution in [-0.4, -0.2) is 0 Å². The van der Waals surface area contributed by atoms with Gasteiger partial charge in [0.25, 0.3) is 0 Å². The summed E-state index contributed by atoms with van der Waals surface area (Å²) in [5.41, 5.74) is 1.30. The van der Waals surface area contributed by atoms with Gasteiger partial charge in [0.2, 0.25) is 0 Å². The van der Waals surface area contributed by atoms with E-state index in [1.165, 1.54) is 5.56 Å². The molecule has 1 radical (unpaired) electrons. The van der Waals surface area contributed by atoms with E-state index in [2.05, 4.69) is 31.7 Å². The van der Waals surface area contributed by atoms with Gasteiger partial charge in [0, 0.05) is 0 Å². The lowest BCUT2D eigenvalue weighted by Crippen LogP contribution is -1.85. The van der Waals surface area contributed by atoms with Gasteiger partial charge in [-0.2, -0.15) is 0 Å². The minimum Gasteiger partial charge on any atom is -0.102 e. The molecular weight excluding hydrogens is 120 g/mol. The monoisotopic (exact) mass is 131 g/mol. The van der Waals surface area contributed by atoms with E-state index in [9.17, 15) is 0 Å². The van der Waals surface area contributed by atoms with Crippen LogP contribution in [0.1, 0.15) is 18.4 Å². The van der Waals surface area contributed by atoms with Gasteiger partial charge in [-0.05, 0) is 17.5 Å². The molecule has 0 spiro atoms. The zero-order chi connectivity index (χ0) is 7.40. The van der Waals surface area contributed by atoms with Gasteiger partial charge in [-0.1, -0.05) is 37.3 Å². The fourth-order valence-corrected chi connectivity index (χ4v) is 0.839. The summed E-state index contributed by atoms with van der Waals surface area (Å²) in [6.45, 7) is 5.85. The Hall–Kier alpha value is -1.04. The quantitative estimate of drug-likeness (QED) is 0.541. The molecule has 0 saturated heterocycles. The van der Waals surface area contributed by atoms with Gasteiger partial charge < -0.3 is 0 Å². The Morgan fingerprint density at radius 1 is 1.50 bits per heavy atom. The van der Waals surface area contributed by atoms with Crippen LogP contribution in [0.5, 0.6) is 0 Å². The molecule has 0 amide bonds. The third-order valence-corrected chi connectivity index (χ3v) is 1.62. The van der Waals surface area contributed by atoms with Crippen molar-refractivity contribution in [3.8, 4) is 0 Å². The van der Waals surface area contributed by atoms with Crippen LogP contribution in [0.2, 0.25) is 0 Å². The van der Waals surface area contributed by atoms with Crippen molar-refractivity contribution in [2.45, 2.75) is 12.8 Å². The maximum atomic E-state index is 3.73. The van der Waals surface area contributed by atoms with Crippen LogP contribution < -0.4 is 0 Å². The molecule has 0 N–H and O–H groups in total.